The van der Waals surface area contributed by atoms with Crippen molar-refractivity contribution in [2.45, 2.75) is 52.5 Å². The highest BCUT2D eigenvalue weighted by Gasteiger charge is 2.15. The summed E-state index contributed by atoms with van der Waals surface area (Å²) in [6, 6.07) is 0.341. The predicted octanol–water partition coefficient (Wildman–Crippen LogP) is 3.29. The fourth-order valence-corrected chi connectivity index (χ4v) is 1.82. The van der Waals surface area contributed by atoms with Gasteiger partial charge >= 0.3 is 0 Å². The Kier molecular flexibility index (Phi) is 7.85. The van der Waals surface area contributed by atoms with Gasteiger partial charge in [-0.1, -0.05) is 13.8 Å². The van der Waals surface area contributed by atoms with Gasteiger partial charge in [-0.3, -0.25) is 4.79 Å². The van der Waals surface area contributed by atoms with E-state index in [1.807, 2.05) is 11.9 Å². The van der Waals surface area contributed by atoms with Crippen molar-refractivity contribution in [1.29, 1.82) is 0 Å². The normalized spacial score (nSPS) is 12.9. The van der Waals surface area contributed by atoms with Gasteiger partial charge in [-0.05, 0) is 32.1 Å². The van der Waals surface area contributed by atoms with Crippen LogP contribution in [0.3, 0.4) is 0 Å². The first-order valence-corrected chi connectivity index (χ1v) is 6.34. The molecule has 0 bridgehead atoms. The number of amides is 1. The molecule has 0 N–H and O–H groups in total. The first-order chi connectivity index (χ1) is 6.99. The third-order valence-electron chi connectivity index (χ3n) is 2.64. The number of carbonyl (C=O) groups excluding carboxylic acids is 1. The van der Waals surface area contributed by atoms with Crippen molar-refractivity contribution in [3.63, 3.8) is 0 Å². The smallest absolute Gasteiger partial charge is 0.222 e. The Morgan fingerprint density at radius 3 is 2.33 bits per heavy atom. The van der Waals surface area contributed by atoms with Crippen LogP contribution < -0.4 is 0 Å². The zero-order valence-corrected chi connectivity index (χ0v) is 11.2. The summed E-state index contributed by atoms with van der Waals surface area (Å²) in [4.78, 5) is 13.6. The van der Waals surface area contributed by atoms with Crippen LogP contribution in [0.15, 0.2) is 0 Å². The van der Waals surface area contributed by atoms with Gasteiger partial charge in [0, 0.05) is 25.4 Å². The number of rotatable bonds is 7. The van der Waals surface area contributed by atoms with Crippen molar-refractivity contribution in [2.24, 2.45) is 5.92 Å². The lowest BCUT2D eigenvalue weighted by atomic mass is 10.0. The van der Waals surface area contributed by atoms with Crippen molar-refractivity contribution in [2.75, 3.05) is 12.9 Å². The topological polar surface area (TPSA) is 20.3 Å². The third-order valence-corrected chi connectivity index (χ3v) is 2.91. The second-order valence-electron chi connectivity index (χ2n) is 4.63. The first kappa shape index (κ1) is 14.8. The molecule has 0 aromatic carbocycles. The van der Waals surface area contributed by atoms with Gasteiger partial charge in [-0.25, -0.2) is 0 Å². The number of alkyl halides is 1. The minimum atomic E-state index is 0.244. The molecule has 0 aliphatic heterocycles. The van der Waals surface area contributed by atoms with Gasteiger partial charge in [0.05, 0.1) is 0 Å². The highest BCUT2D eigenvalue weighted by atomic mass is 35.5. The van der Waals surface area contributed by atoms with Gasteiger partial charge < -0.3 is 4.90 Å². The average Bonchev–Trinajstić information content (AvgIpc) is 2.15. The second kappa shape index (κ2) is 7.98. The van der Waals surface area contributed by atoms with E-state index in [0.29, 0.717) is 24.3 Å². The maximum atomic E-state index is 11.7. The summed E-state index contributed by atoms with van der Waals surface area (Å²) in [6.45, 7) is 6.48. The Morgan fingerprint density at radius 1 is 1.27 bits per heavy atom. The highest BCUT2D eigenvalue weighted by molar-refractivity contribution is 6.17. The van der Waals surface area contributed by atoms with Gasteiger partial charge in [-0.15, -0.1) is 11.6 Å². The van der Waals surface area contributed by atoms with Crippen LogP contribution in [0.2, 0.25) is 0 Å². The monoisotopic (exact) mass is 233 g/mol. The van der Waals surface area contributed by atoms with Crippen LogP contribution in [-0.2, 0) is 4.79 Å². The zero-order chi connectivity index (χ0) is 11.8. The molecule has 15 heavy (non-hydrogen) atoms. The lowest BCUT2D eigenvalue weighted by Gasteiger charge is -2.26. The van der Waals surface area contributed by atoms with Crippen LogP contribution >= 0.6 is 11.6 Å². The van der Waals surface area contributed by atoms with Crippen molar-refractivity contribution in [3.8, 4) is 0 Å². The van der Waals surface area contributed by atoms with Gasteiger partial charge in [0.1, 0.15) is 0 Å². The molecule has 0 radical (unpaired) electrons. The highest BCUT2D eigenvalue weighted by Crippen LogP contribution is 2.11. The van der Waals surface area contributed by atoms with Crippen molar-refractivity contribution < 1.29 is 4.79 Å². The summed E-state index contributed by atoms with van der Waals surface area (Å²) < 4.78 is 0. The Balaban J connectivity index is 3.85. The van der Waals surface area contributed by atoms with E-state index in [2.05, 4.69) is 20.8 Å². The van der Waals surface area contributed by atoms with E-state index in [-0.39, 0.29) is 5.91 Å². The molecule has 0 saturated heterocycles. The fraction of sp³-hybridized carbons (Fsp3) is 0.917. The average molecular weight is 234 g/mol. The quantitative estimate of drug-likeness (QED) is 0.488. The Morgan fingerprint density at radius 2 is 1.87 bits per heavy atom. The van der Waals surface area contributed by atoms with Crippen LogP contribution in [0.4, 0.5) is 0 Å². The van der Waals surface area contributed by atoms with Crippen LogP contribution in [0, 0.1) is 5.92 Å². The van der Waals surface area contributed by atoms with Gasteiger partial charge in [0.15, 0.2) is 0 Å². The van der Waals surface area contributed by atoms with E-state index in [0.717, 1.165) is 19.3 Å². The zero-order valence-electron chi connectivity index (χ0n) is 10.4. The molecule has 1 atom stereocenters. The van der Waals surface area contributed by atoms with E-state index in [1.54, 1.807) is 0 Å². The van der Waals surface area contributed by atoms with E-state index in [9.17, 15) is 4.79 Å². The summed E-state index contributed by atoms with van der Waals surface area (Å²) in [5, 5.41) is 0. The number of nitrogens with zero attached hydrogens (tertiary/aromatic N) is 1. The Labute approximate surface area is 99.0 Å². The molecule has 0 rings (SSSR count). The summed E-state index contributed by atoms with van der Waals surface area (Å²) >= 11 is 5.57. The first-order valence-electron chi connectivity index (χ1n) is 5.80. The molecule has 0 spiro atoms. The number of hydrogen-bond acceptors (Lipinski definition) is 1. The number of unbranched alkanes of at least 4 members (excludes halogenated alkanes) is 1. The Hall–Kier alpha value is -0.240. The molecule has 0 aliphatic rings. The molecule has 0 aliphatic carbocycles. The second-order valence-corrected chi connectivity index (χ2v) is 5.01. The van der Waals surface area contributed by atoms with Crippen molar-refractivity contribution in [1.82, 2.24) is 4.90 Å². The molecular weight excluding hydrogens is 210 g/mol. The minimum absolute atomic E-state index is 0.244. The molecular formula is C12H24ClNO. The van der Waals surface area contributed by atoms with E-state index in [4.69, 9.17) is 11.6 Å². The van der Waals surface area contributed by atoms with Gasteiger partial charge in [0.2, 0.25) is 5.91 Å². The molecule has 3 heteroatoms. The van der Waals surface area contributed by atoms with Crippen LogP contribution in [0.25, 0.3) is 0 Å². The summed E-state index contributed by atoms with van der Waals surface area (Å²) in [5.74, 6) is 1.53. The van der Waals surface area contributed by atoms with Crippen LogP contribution in [-0.4, -0.2) is 29.8 Å². The number of carbonyl (C=O) groups is 1. The van der Waals surface area contributed by atoms with E-state index >= 15 is 0 Å². The third kappa shape index (κ3) is 6.77. The summed E-state index contributed by atoms with van der Waals surface area (Å²) in [7, 11) is 1.90. The molecule has 0 aromatic heterocycles. The molecule has 0 aromatic rings. The van der Waals surface area contributed by atoms with Crippen LogP contribution in [0.5, 0.6) is 0 Å². The maximum Gasteiger partial charge on any atom is 0.222 e. The predicted molar refractivity (Wildman–Crippen MR) is 66.3 cm³/mol. The summed E-state index contributed by atoms with van der Waals surface area (Å²) in [5.41, 5.74) is 0. The van der Waals surface area contributed by atoms with E-state index in [1.165, 1.54) is 0 Å². The van der Waals surface area contributed by atoms with E-state index < -0.39 is 0 Å². The van der Waals surface area contributed by atoms with Gasteiger partial charge in [-0.2, -0.15) is 0 Å². The lowest BCUT2D eigenvalue weighted by molar-refractivity contribution is -0.132. The lowest BCUT2D eigenvalue weighted by Crippen LogP contribution is -2.35. The van der Waals surface area contributed by atoms with Gasteiger partial charge in [0.25, 0.3) is 0 Å². The molecule has 0 saturated carbocycles. The van der Waals surface area contributed by atoms with Crippen molar-refractivity contribution >= 4 is 17.5 Å². The number of hydrogen-bond donors (Lipinski definition) is 0. The molecule has 1 unspecified atom stereocenters. The fourth-order valence-electron chi connectivity index (χ4n) is 1.63. The largest absolute Gasteiger partial charge is 0.343 e. The molecule has 0 heterocycles. The molecule has 2 nitrogen and oxygen atoms in total. The molecule has 0 fully saturated rings. The van der Waals surface area contributed by atoms with Crippen LogP contribution in [0.1, 0.15) is 46.5 Å². The summed E-state index contributed by atoms with van der Waals surface area (Å²) in [6.07, 6.45) is 3.53. The molecule has 1 amide bonds. The SMILES string of the molecule is CC(C)CC(C)N(C)C(=O)CCCCCl. The Bertz CT molecular complexity index is 182. The minimum Gasteiger partial charge on any atom is -0.343 e. The van der Waals surface area contributed by atoms with Crippen molar-refractivity contribution in [3.05, 3.63) is 0 Å². The molecule has 90 valence electrons. The maximum absolute atomic E-state index is 11.7. The number of halogens is 1. The standard InChI is InChI=1S/C12H24ClNO/c1-10(2)9-11(3)14(4)12(15)7-5-6-8-13/h10-11H,5-9H2,1-4H3.